The van der Waals surface area contributed by atoms with Crippen molar-refractivity contribution in [2.45, 2.75) is 6.54 Å². The second-order valence-electron chi connectivity index (χ2n) is 4.80. The van der Waals surface area contributed by atoms with Gasteiger partial charge < -0.3 is 14.8 Å². The van der Waals surface area contributed by atoms with Crippen LogP contribution in [0, 0.1) is 10.1 Å². The van der Waals surface area contributed by atoms with E-state index < -0.39 is 10.9 Å². The van der Waals surface area contributed by atoms with Crippen molar-refractivity contribution in [2.75, 3.05) is 19.5 Å². The fourth-order valence-corrected chi connectivity index (χ4v) is 2.60. The lowest BCUT2D eigenvalue weighted by Gasteiger charge is -2.13. The second kappa shape index (κ2) is 7.78. The lowest BCUT2D eigenvalue weighted by molar-refractivity contribution is -0.384. The molecule has 0 amide bonds. The number of carbonyl (C=O) groups excluding carboxylic acids is 1. The third kappa shape index (κ3) is 4.02. The number of esters is 1. The third-order valence-electron chi connectivity index (χ3n) is 3.28. The monoisotopic (exact) mass is 394 g/mol. The molecular formula is C16H15BrN2O5. The summed E-state index contributed by atoms with van der Waals surface area (Å²) in [5.74, 6) is -0.477. The van der Waals surface area contributed by atoms with Gasteiger partial charge in [0.2, 0.25) is 0 Å². The number of carbonyl (C=O) groups is 1. The number of hydrogen-bond donors (Lipinski definition) is 1. The van der Waals surface area contributed by atoms with E-state index in [4.69, 9.17) is 4.74 Å². The number of halogens is 1. The lowest BCUT2D eigenvalue weighted by Crippen LogP contribution is -2.08. The fraction of sp³-hybridized carbons (Fsp3) is 0.188. The number of hydrogen-bond acceptors (Lipinski definition) is 6. The molecule has 0 aromatic heterocycles. The van der Waals surface area contributed by atoms with E-state index in [1.165, 1.54) is 20.3 Å². The molecule has 0 atom stereocenters. The van der Waals surface area contributed by atoms with E-state index in [0.29, 0.717) is 6.54 Å². The molecule has 2 aromatic rings. The van der Waals surface area contributed by atoms with E-state index >= 15 is 0 Å². The molecule has 0 spiro atoms. The van der Waals surface area contributed by atoms with E-state index in [1.807, 2.05) is 24.3 Å². The van der Waals surface area contributed by atoms with E-state index in [-0.39, 0.29) is 22.7 Å². The quantitative estimate of drug-likeness (QED) is 0.455. The summed E-state index contributed by atoms with van der Waals surface area (Å²) < 4.78 is 10.7. The van der Waals surface area contributed by atoms with Crippen LogP contribution >= 0.6 is 15.9 Å². The normalized spacial score (nSPS) is 10.1. The maximum Gasteiger partial charge on any atom is 0.338 e. The van der Waals surface area contributed by atoms with Gasteiger partial charge in [-0.15, -0.1) is 0 Å². The van der Waals surface area contributed by atoms with Crippen LogP contribution in [0.25, 0.3) is 0 Å². The Bertz CT molecular complexity index is 779. The minimum Gasteiger partial charge on any atom is -0.494 e. The Kier molecular flexibility index (Phi) is 5.75. The molecule has 24 heavy (non-hydrogen) atoms. The van der Waals surface area contributed by atoms with E-state index in [9.17, 15) is 14.9 Å². The maximum atomic E-state index is 11.7. The predicted molar refractivity (Wildman–Crippen MR) is 92.5 cm³/mol. The largest absolute Gasteiger partial charge is 0.494 e. The van der Waals surface area contributed by atoms with Crippen molar-refractivity contribution in [3.05, 3.63) is 62.1 Å². The van der Waals surface area contributed by atoms with Gasteiger partial charge in [-0.05, 0) is 23.8 Å². The summed E-state index contributed by atoms with van der Waals surface area (Å²) in [6, 6.07) is 10.1. The van der Waals surface area contributed by atoms with Gasteiger partial charge in [0.1, 0.15) is 5.75 Å². The molecule has 0 bridgehead atoms. The Labute approximate surface area is 146 Å². The maximum absolute atomic E-state index is 11.7. The summed E-state index contributed by atoms with van der Waals surface area (Å²) in [6.07, 6.45) is 0. The molecule has 0 aliphatic carbocycles. The minimum absolute atomic E-state index is 0.0501. The Morgan fingerprint density at radius 3 is 2.62 bits per heavy atom. The molecule has 8 heteroatoms. The molecule has 2 rings (SSSR count). The second-order valence-corrected chi connectivity index (χ2v) is 5.72. The van der Waals surface area contributed by atoms with E-state index in [0.717, 1.165) is 16.1 Å². The molecule has 0 fully saturated rings. The third-order valence-corrected chi connectivity index (χ3v) is 3.77. The smallest absolute Gasteiger partial charge is 0.338 e. The molecule has 7 nitrogen and oxygen atoms in total. The van der Waals surface area contributed by atoms with Crippen LogP contribution < -0.4 is 10.1 Å². The molecule has 2 aromatic carbocycles. The average Bonchev–Trinajstić information content (AvgIpc) is 2.58. The van der Waals surface area contributed by atoms with Gasteiger partial charge in [0.05, 0.1) is 24.7 Å². The van der Waals surface area contributed by atoms with Gasteiger partial charge in [-0.2, -0.15) is 0 Å². The molecule has 0 aliphatic heterocycles. The molecule has 0 saturated heterocycles. The zero-order valence-electron chi connectivity index (χ0n) is 13.0. The van der Waals surface area contributed by atoms with Crippen molar-refractivity contribution in [3.63, 3.8) is 0 Å². The van der Waals surface area contributed by atoms with Crippen molar-refractivity contribution in [1.29, 1.82) is 0 Å². The van der Waals surface area contributed by atoms with Crippen LogP contribution in [0.15, 0.2) is 40.9 Å². The Morgan fingerprint density at radius 1 is 1.29 bits per heavy atom. The first-order valence-corrected chi connectivity index (χ1v) is 7.68. The molecule has 0 unspecified atom stereocenters. The van der Waals surface area contributed by atoms with Crippen LogP contribution in [0.1, 0.15) is 15.9 Å². The van der Waals surface area contributed by atoms with E-state index in [2.05, 4.69) is 26.0 Å². The van der Waals surface area contributed by atoms with E-state index in [1.54, 1.807) is 0 Å². The highest BCUT2D eigenvalue weighted by Gasteiger charge is 2.23. The Morgan fingerprint density at radius 2 is 2.04 bits per heavy atom. The van der Waals surface area contributed by atoms with Gasteiger partial charge in [-0.25, -0.2) is 4.79 Å². The highest BCUT2D eigenvalue weighted by atomic mass is 79.9. The van der Waals surface area contributed by atoms with Crippen molar-refractivity contribution < 1.29 is 19.2 Å². The zero-order chi connectivity index (χ0) is 17.7. The molecule has 0 aliphatic rings. The van der Waals surface area contributed by atoms with Gasteiger partial charge >= 0.3 is 5.97 Å². The number of rotatable bonds is 6. The van der Waals surface area contributed by atoms with Gasteiger partial charge in [0, 0.05) is 17.1 Å². The van der Waals surface area contributed by atoms with Crippen LogP contribution in [-0.4, -0.2) is 25.1 Å². The van der Waals surface area contributed by atoms with Crippen LogP contribution in [0.3, 0.4) is 0 Å². The van der Waals surface area contributed by atoms with Crippen LogP contribution in [0.4, 0.5) is 11.4 Å². The van der Waals surface area contributed by atoms with Crippen molar-refractivity contribution in [1.82, 2.24) is 0 Å². The summed E-state index contributed by atoms with van der Waals surface area (Å²) in [5.41, 5.74) is 0.923. The molecule has 0 heterocycles. The van der Waals surface area contributed by atoms with Crippen LogP contribution in [-0.2, 0) is 11.3 Å². The number of nitro benzene ring substituents is 1. The SMILES string of the molecule is COC(=O)c1cc(OC)c(NCc2cccc(Br)c2)c([N+](=O)[O-])c1. The predicted octanol–water partition coefficient (Wildman–Crippen LogP) is 3.76. The van der Waals surface area contributed by atoms with Crippen LogP contribution in [0.2, 0.25) is 0 Å². The van der Waals surface area contributed by atoms with Crippen molar-refractivity contribution >= 4 is 33.3 Å². The highest BCUT2D eigenvalue weighted by molar-refractivity contribution is 9.10. The summed E-state index contributed by atoms with van der Waals surface area (Å²) in [4.78, 5) is 22.5. The number of benzene rings is 2. The van der Waals surface area contributed by atoms with Crippen LogP contribution in [0.5, 0.6) is 5.75 Å². The van der Waals surface area contributed by atoms with Gasteiger partial charge in [0.25, 0.3) is 5.69 Å². The number of anilines is 1. The highest BCUT2D eigenvalue weighted by Crippen LogP contribution is 2.36. The summed E-state index contributed by atoms with van der Waals surface area (Å²) in [6.45, 7) is 0.355. The number of ether oxygens (including phenoxy) is 2. The minimum atomic E-state index is -0.671. The molecule has 0 saturated carbocycles. The van der Waals surface area contributed by atoms with Gasteiger partial charge in [-0.3, -0.25) is 10.1 Å². The number of nitro groups is 1. The average molecular weight is 395 g/mol. The summed E-state index contributed by atoms with van der Waals surface area (Å²) in [5, 5.41) is 14.4. The van der Waals surface area contributed by atoms with Crippen molar-refractivity contribution in [2.24, 2.45) is 0 Å². The topological polar surface area (TPSA) is 90.7 Å². The number of methoxy groups -OCH3 is 2. The fourth-order valence-electron chi connectivity index (χ4n) is 2.16. The standard InChI is InChI=1S/C16H15BrN2O5/c1-23-14-8-11(16(20)24-2)7-13(19(21)22)15(14)18-9-10-4-3-5-12(17)6-10/h3-8,18H,9H2,1-2H3. The zero-order valence-corrected chi connectivity index (χ0v) is 14.6. The van der Waals surface area contributed by atoms with Crippen molar-refractivity contribution in [3.8, 4) is 5.75 Å². The molecule has 1 N–H and O–H groups in total. The first kappa shape index (κ1) is 17.7. The molecule has 0 radical (unpaired) electrons. The van der Waals surface area contributed by atoms with Gasteiger partial charge in [-0.1, -0.05) is 28.1 Å². The summed E-state index contributed by atoms with van der Waals surface area (Å²) >= 11 is 3.38. The molecule has 126 valence electrons. The van der Waals surface area contributed by atoms with Gasteiger partial charge in [0.15, 0.2) is 5.69 Å². The first-order valence-electron chi connectivity index (χ1n) is 6.89. The number of nitrogens with one attached hydrogen (secondary N) is 1. The Balaban J connectivity index is 2.39. The Hall–Kier alpha value is -2.61. The number of nitrogens with zero attached hydrogens (tertiary/aromatic N) is 1. The first-order chi connectivity index (χ1) is 11.5. The lowest BCUT2D eigenvalue weighted by atomic mass is 10.1. The summed E-state index contributed by atoms with van der Waals surface area (Å²) in [7, 11) is 2.59. The molecular weight excluding hydrogens is 380 g/mol.